The molecule has 2 unspecified atom stereocenters. The van der Waals surface area contributed by atoms with Crippen LogP contribution in [0.2, 0.25) is 0 Å². The summed E-state index contributed by atoms with van der Waals surface area (Å²) >= 11 is 0. The molecule has 1 aromatic rings. The first-order valence-electron chi connectivity index (χ1n) is 7.06. The Morgan fingerprint density at radius 2 is 1.70 bits per heavy atom. The van der Waals surface area contributed by atoms with Crippen molar-refractivity contribution in [1.82, 2.24) is 5.32 Å². The third-order valence-corrected chi connectivity index (χ3v) is 3.34. The van der Waals surface area contributed by atoms with Gasteiger partial charge in [0.05, 0.1) is 20.3 Å². The van der Waals surface area contributed by atoms with Crippen LogP contribution in [-0.4, -0.2) is 31.4 Å². The average molecular weight is 281 g/mol. The van der Waals surface area contributed by atoms with Gasteiger partial charge in [-0.2, -0.15) is 0 Å². The molecule has 4 nitrogen and oxygen atoms in total. The van der Waals surface area contributed by atoms with Gasteiger partial charge in [-0.3, -0.25) is 0 Å². The number of aliphatic hydroxyl groups is 1. The molecule has 4 heteroatoms. The van der Waals surface area contributed by atoms with Gasteiger partial charge >= 0.3 is 0 Å². The highest BCUT2D eigenvalue weighted by atomic mass is 16.5. The van der Waals surface area contributed by atoms with E-state index in [9.17, 15) is 5.11 Å². The van der Waals surface area contributed by atoms with Gasteiger partial charge in [-0.25, -0.2) is 0 Å². The summed E-state index contributed by atoms with van der Waals surface area (Å²) in [5.41, 5.74) is 0.778. The second-order valence-corrected chi connectivity index (χ2v) is 5.64. The molecule has 0 fully saturated rings. The number of methoxy groups -OCH3 is 2. The van der Waals surface area contributed by atoms with Crippen molar-refractivity contribution in [2.45, 2.75) is 45.9 Å². The molecule has 114 valence electrons. The van der Waals surface area contributed by atoms with Gasteiger partial charge in [0.1, 0.15) is 11.5 Å². The van der Waals surface area contributed by atoms with Gasteiger partial charge in [0, 0.05) is 23.7 Å². The summed E-state index contributed by atoms with van der Waals surface area (Å²) in [6.45, 7) is 8.35. The van der Waals surface area contributed by atoms with E-state index in [0.29, 0.717) is 17.7 Å². The van der Waals surface area contributed by atoms with Crippen LogP contribution in [0.25, 0.3) is 0 Å². The number of hydrogen-bond acceptors (Lipinski definition) is 4. The van der Waals surface area contributed by atoms with Crippen LogP contribution in [0.4, 0.5) is 0 Å². The van der Waals surface area contributed by atoms with Crippen LogP contribution < -0.4 is 14.8 Å². The standard InChI is InChI=1S/C16H27NO3/c1-10(2)15(17-11(3)4)16(18)13-8-7-12(19-5)9-14(13)20-6/h7-11,15-18H,1-6H3. The van der Waals surface area contributed by atoms with Crippen molar-refractivity contribution < 1.29 is 14.6 Å². The summed E-state index contributed by atoms with van der Waals surface area (Å²) < 4.78 is 10.6. The lowest BCUT2D eigenvalue weighted by atomic mass is 9.92. The van der Waals surface area contributed by atoms with Gasteiger partial charge in [0.2, 0.25) is 0 Å². The summed E-state index contributed by atoms with van der Waals surface area (Å²) in [6.07, 6.45) is -0.627. The Morgan fingerprint density at radius 1 is 1.05 bits per heavy atom. The largest absolute Gasteiger partial charge is 0.497 e. The predicted molar refractivity (Wildman–Crippen MR) is 81.4 cm³/mol. The van der Waals surface area contributed by atoms with E-state index in [-0.39, 0.29) is 6.04 Å². The first-order valence-corrected chi connectivity index (χ1v) is 7.06. The highest BCUT2D eigenvalue weighted by Crippen LogP contribution is 2.32. The molecule has 0 saturated carbocycles. The van der Waals surface area contributed by atoms with E-state index in [4.69, 9.17) is 9.47 Å². The fourth-order valence-corrected chi connectivity index (χ4v) is 2.29. The zero-order valence-electron chi connectivity index (χ0n) is 13.3. The second-order valence-electron chi connectivity index (χ2n) is 5.64. The Labute approximate surface area is 122 Å². The molecule has 2 atom stereocenters. The third-order valence-electron chi connectivity index (χ3n) is 3.34. The zero-order chi connectivity index (χ0) is 15.3. The molecule has 0 amide bonds. The average Bonchev–Trinajstić information content (AvgIpc) is 2.42. The highest BCUT2D eigenvalue weighted by molar-refractivity contribution is 5.42. The molecule has 20 heavy (non-hydrogen) atoms. The molecular weight excluding hydrogens is 254 g/mol. The monoisotopic (exact) mass is 281 g/mol. The molecular formula is C16H27NO3. The molecule has 2 N–H and O–H groups in total. The quantitative estimate of drug-likeness (QED) is 0.807. The minimum Gasteiger partial charge on any atom is -0.497 e. The topological polar surface area (TPSA) is 50.7 Å². The lowest BCUT2D eigenvalue weighted by molar-refractivity contribution is 0.0977. The van der Waals surface area contributed by atoms with Crippen LogP contribution in [-0.2, 0) is 0 Å². The number of hydrogen-bond donors (Lipinski definition) is 2. The predicted octanol–water partition coefficient (Wildman–Crippen LogP) is 2.76. The summed E-state index contributed by atoms with van der Waals surface area (Å²) in [7, 11) is 3.22. The highest BCUT2D eigenvalue weighted by Gasteiger charge is 2.27. The van der Waals surface area contributed by atoms with Crippen molar-refractivity contribution in [3.05, 3.63) is 23.8 Å². The lowest BCUT2D eigenvalue weighted by Gasteiger charge is -2.30. The van der Waals surface area contributed by atoms with Crippen molar-refractivity contribution >= 4 is 0 Å². The second kappa shape index (κ2) is 7.50. The van der Waals surface area contributed by atoms with Gasteiger partial charge in [-0.05, 0) is 18.1 Å². The molecule has 0 radical (unpaired) electrons. The number of rotatable bonds is 7. The van der Waals surface area contributed by atoms with Crippen LogP contribution in [0.3, 0.4) is 0 Å². The van der Waals surface area contributed by atoms with Gasteiger partial charge in [0.15, 0.2) is 0 Å². The lowest BCUT2D eigenvalue weighted by Crippen LogP contribution is -2.43. The molecule has 1 rings (SSSR count). The smallest absolute Gasteiger partial charge is 0.128 e. The maximum absolute atomic E-state index is 10.7. The van der Waals surface area contributed by atoms with Crippen LogP contribution in [0.1, 0.15) is 39.4 Å². The molecule has 0 saturated heterocycles. The minimum absolute atomic E-state index is 0.0303. The number of ether oxygens (including phenoxy) is 2. The molecule has 0 spiro atoms. The Balaban J connectivity index is 3.07. The first kappa shape index (κ1) is 16.8. The Hall–Kier alpha value is -1.26. The number of aliphatic hydroxyl groups excluding tert-OH is 1. The van der Waals surface area contributed by atoms with E-state index >= 15 is 0 Å². The summed E-state index contributed by atoms with van der Waals surface area (Å²) in [5.74, 6) is 1.67. The Bertz CT molecular complexity index is 418. The van der Waals surface area contributed by atoms with Crippen LogP contribution in [0.15, 0.2) is 18.2 Å². The van der Waals surface area contributed by atoms with Gasteiger partial charge < -0.3 is 19.9 Å². The van der Waals surface area contributed by atoms with E-state index in [1.54, 1.807) is 20.3 Å². The summed E-state index contributed by atoms with van der Waals surface area (Å²) in [6, 6.07) is 5.78. The molecule has 0 aliphatic heterocycles. The van der Waals surface area contributed by atoms with Crippen LogP contribution >= 0.6 is 0 Å². The molecule has 0 heterocycles. The normalized spacial score (nSPS) is 14.4. The SMILES string of the molecule is COc1ccc(C(O)C(NC(C)C)C(C)C)c(OC)c1. The van der Waals surface area contributed by atoms with Gasteiger partial charge in [0.25, 0.3) is 0 Å². The van der Waals surface area contributed by atoms with E-state index < -0.39 is 6.10 Å². The molecule has 0 aromatic heterocycles. The number of benzene rings is 1. The summed E-state index contributed by atoms with van der Waals surface area (Å²) in [5, 5.41) is 14.1. The van der Waals surface area contributed by atoms with E-state index in [2.05, 4.69) is 33.0 Å². The summed E-state index contributed by atoms with van der Waals surface area (Å²) in [4.78, 5) is 0. The molecule has 0 bridgehead atoms. The van der Waals surface area contributed by atoms with Crippen molar-refractivity contribution in [2.24, 2.45) is 5.92 Å². The van der Waals surface area contributed by atoms with Gasteiger partial charge in [-0.15, -0.1) is 0 Å². The van der Waals surface area contributed by atoms with Crippen molar-refractivity contribution in [2.75, 3.05) is 14.2 Å². The Morgan fingerprint density at radius 3 is 2.15 bits per heavy atom. The number of nitrogens with one attached hydrogen (secondary N) is 1. The molecule has 0 aliphatic carbocycles. The van der Waals surface area contributed by atoms with E-state index in [0.717, 1.165) is 11.3 Å². The minimum atomic E-state index is -0.627. The van der Waals surface area contributed by atoms with Crippen LogP contribution in [0.5, 0.6) is 11.5 Å². The van der Waals surface area contributed by atoms with E-state index in [1.165, 1.54) is 0 Å². The Kier molecular flexibility index (Phi) is 6.30. The third kappa shape index (κ3) is 4.12. The fourth-order valence-electron chi connectivity index (χ4n) is 2.29. The maximum Gasteiger partial charge on any atom is 0.128 e. The molecule has 0 aliphatic rings. The maximum atomic E-state index is 10.7. The van der Waals surface area contributed by atoms with Crippen molar-refractivity contribution in [1.29, 1.82) is 0 Å². The van der Waals surface area contributed by atoms with Crippen LogP contribution in [0, 0.1) is 5.92 Å². The van der Waals surface area contributed by atoms with E-state index in [1.807, 2.05) is 12.1 Å². The van der Waals surface area contributed by atoms with Gasteiger partial charge in [-0.1, -0.05) is 27.7 Å². The fraction of sp³-hybridized carbons (Fsp3) is 0.625. The van der Waals surface area contributed by atoms with Crippen molar-refractivity contribution in [3.63, 3.8) is 0 Å². The van der Waals surface area contributed by atoms with Crippen molar-refractivity contribution in [3.8, 4) is 11.5 Å². The zero-order valence-corrected chi connectivity index (χ0v) is 13.3. The first-order chi connectivity index (χ1) is 9.40. The molecule has 1 aromatic carbocycles.